The van der Waals surface area contributed by atoms with E-state index in [1.54, 1.807) is 12.4 Å². The van der Waals surface area contributed by atoms with Crippen LogP contribution in [0.3, 0.4) is 0 Å². The van der Waals surface area contributed by atoms with E-state index in [0.29, 0.717) is 24.5 Å². The molecule has 3 aromatic rings. The Hall–Kier alpha value is -3.14. The number of pyridine rings is 1. The van der Waals surface area contributed by atoms with Crippen molar-refractivity contribution in [1.29, 1.82) is 0 Å². The Morgan fingerprint density at radius 3 is 2.54 bits per heavy atom. The van der Waals surface area contributed by atoms with Crippen molar-refractivity contribution in [1.82, 2.24) is 4.98 Å². The van der Waals surface area contributed by atoms with Gasteiger partial charge in [-0.2, -0.15) is 0 Å². The van der Waals surface area contributed by atoms with Gasteiger partial charge in [0, 0.05) is 12.4 Å². The van der Waals surface area contributed by atoms with Crippen molar-refractivity contribution in [2.75, 3.05) is 11.9 Å². The molecule has 0 aliphatic carbocycles. The second-order valence-electron chi connectivity index (χ2n) is 5.95. The Morgan fingerprint density at radius 2 is 1.81 bits per heavy atom. The normalized spacial score (nSPS) is 11.6. The van der Waals surface area contributed by atoms with Gasteiger partial charge in [-0.05, 0) is 42.7 Å². The van der Waals surface area contributed by atoms with E-state index in [-0.39, 0.29) is 11.8 Å². The van der Waals surface area contributed by atoms with Gasteiger partial charge in [0.25, 0.3) is 0 Å². The van der Waals surface area contributed by atoms with Crippen LogP contribution >= 0.6 is 0 Å². The highest BCUT2D eigenvalue weighted by Crippen LogP contribution is 2.27. The van der Waals surface area contributed by atoms with Gasteiger partial charge in [0.1, 0.15) is 5.75 Å². The lowest BCUT2D eigenvalue weighted by molar-refractivity contribution is -0.117. The Labute approximate surface area is 153 Å². The lowest BCUT2D eigenvalue weighted by atomic mass is 9.91. The number of rotatable bonds is 7. The Bertz CT molecular complexity index is 835. The molecule has 0 aliphatic rings. The van der Waals surface area contributed by atoms with Crippen molar-refractivity contribution in [3.05, 3.63) is 90.3 Å². The van der Waals surface area contributed by atoms with Gasteiger partial charge in [-0.1, -0.05) is 48.5 Å². The van der Waals surface area contributed by atoms with E-state index in [4.69, 9.17) is 4.74 Å². The van der Waals surface area contributed by atoms with Crippen molar-refractivity contribution in [3.8, 4) is 5.75 Å². The van der Waals surface area contributed by atoms with Crippen LogP contribution in [0.4, 0.5) is 5.69 Å². The number of nitrogens with one attached hydrogen (secondary N) is 1. The molecular formula is C22H22N2O2. The minimum atomic E-state index is -0.310. The maximum absolute atomic E-state index is 13.1. The number of carbonyl (C=O) groups is 1. The minimum absolute atomic E-state index is 0.0628. The summed E-state index contributed by atoms with van der Waals surface area (Å²) in [6, 6.07) is 21.2. The maximum atomic E-state index is 13.1. The predicted octanol–water partition coefficient (Wildman–Crippen LogP) is 4.45. The molecule has 0 saturated heterocycles. The van der Waals surface area contributed by atoms with E-state index in [1.807, 2.05) is 73.7 Å². The third kappa shape index (κ3) is 4.48. The molecule has 132 valence electrons. The van der Waals surface area contributed by atoms with Gasteiger partial charge in [0.05, 0.1) is 18.2 Å². The number of benzene rings is 2. The van der Waals surface area contributed by atoms with E-state index < -0.39 is 0 Å². The first-order chi connectivity index (χ1) is 12.8. The number of anilines is 1. The van der Waals surface area contributed by atoms with Crippen molar-refractivity contribution in [2.24, 2.45) is 0 Å². The van der Waals surface area contributed by atoms with Crippen LogP contribution in [0.2, 0.25) is 0 Å². The van der Waals surface area contributed by atoms with Crippen LogP contribution < -0.4 is 10.1 Å². The SMILES string of the molecule is CCOc1ccccc1NC(=O)C(Cc1cccnc1)c1ccccc1. The molecule has 0 fully saturated rings. The van der Waals surface area contributed by atoms with Crippen molar-refractivity contribution >= 4 is 11.6 Å². The third-order valence-electron chi connectivity index (χ3n) is 4.13. The van der Waals surface area contributed by atoms with E-state index >= 15 is 0 Å². The average Bonchev–Trinajstić information content (AvgIpc) is 2.69. The molecule has 26 heavy (non-hydrogen) atoms. The lowest BCUT2D eigenvalue weighted by Crippen LogP contribution is -2.23. The molecule has 0 radical (unpaired) electrons. The Balaban J connectivity index is 1.86. The number of para-hydroxylation sites is 2. The van der Waals surface area contributed by atoms with Crippen LogP contribution in [-0.4, -0.2) is 17.5 Å². The van der Waals surface area contributed by atoms with Gasteiger partial charge in [-0.25, -0.2) is 0 Å². The first-order valence-corrected chi connectivity index (χ1v) is 8.74. The number of aromatic nitrogens is 1. The topological polar surface area (TPSA) is 51.2 Å². The zero-order valence-electron chi connectivity index (χ0n) is 14.8. The van der Waals surface area contributed by atoms with E-state index in [2.05, 4.69) is 10.3 Å². The smallest absolute Gasteiger partial charge is 0.232 e. The maximum Gasteiger partial charge on any atom is 0.232 e. The largest absolute Gasteiger partial charge is 0.492 e. The second kappa shape index (κ2) is 8.81. The molecule has 2 aromatic carbocycles. The summed E-state index contributed by atoms with van der Waals surface area (Å²) in [6.07, 6.45) is 4.12. The summed E-state index contributed by atoms with van der Waals surface area (Å²) >= 11 is 0. The molecule has 0 aliphatic heterocycles. The molecule has 0 saturated carbocycles. The Kier molecular flexibility index (Phi) is 5.99. The predicted molar refractivity (Wildman–Crippen MR) is 103 cm³/mol. The van der Waals surface area contributed by atoms with E-state index in [0.717, 1.165) is 11.1 Å². The van der Waals surface area contributed by atoms with Crippen molar-refractivity contribution < 1.29 is 9.53 Å². The van der Waals surface area contributed by atoms with Gasteiger partial charge in [0.15, 0.2) is 0 Å². The van der Waals surface area contributed by atoms with Crippen LogP contribution in [0.5, 0.6) is 5.75 Å². The first kappa shape index (κ1) is 17.7. The summed E-state index contributed by atoms with van der Waals surface area (Å²) in [4.78, 5) is 17.2. The van der Waals surface area contributed by atoms with Crippen LogP contribution in [0.1, 0.15) is 24.0 Å². The van der Waals surface area contributed by atoms with Crippen LogP contribution in [0, 0.1) is 0 Å². The molecule has 0 spiro atoms. The van der Waals surface area contributed by atoms with Crippen LogP contribution in [-0.2, 0) is 11.2 Å². The van der Waals surface area contributed by atoms with Gasteiger partial charge >= 0.3 is 0 Å². The molecule has 1 N–H and O–H groups in total. The molecule has 3 rings (SSSR count). The highest BCUT2D eigenvalue weighted by Gasteiger charge is 2.22. The van der Waals surface area contributed by atoms with E-state index in [1.165, 1.54) is 0 Å². The summed E-state index contributed by atoms with van der Waals surface area (Å²) in [5.74, 6) is 0.304. The van der Waals surface area contributed by atoms with Gasteiger partial charge in [-0.15, -0.1) is 0 Å². The quantitative estimate of drug-likeness (QED) is 0.688. The zero-order valence-corrected chi connectivity index (χ0v) is 14.8. The van der Waals surface area contributed by atoms with Crippen molar-refractivity contribution in [2.45, 2.75) is 19.3 Å². The first-order valence-electron chi connectivity index (χ1n) is 8.74. The number of amides is 1. The number of hydrogen-bond acceptors (Lipinski definition) is 3. The highest BCUT2D eigenvalue weighted by molar-refractivity contribution is 5.97. The summed E-state index contributed by atoms with van der Waals surface area (Å²) in [5, 5.41) is 3.03. The Morgan fingerprint density at radius 1 is 1.04 bits per heavy atom. The average molecular weight is 346 g/mol. The fourth-order valence-corrected chi connectivity index (χ4v) is 2.87. The minimum Gasteiger partial charge on any atom is -0.492 e. The number of hydrogen-bond donors (Lipinski definition) is 1. The summed E-state index contributed by atoms with van der Waals surface area (Å²) in [6.45, 7) is 2.47. The molecule has 1 amide bonds. The fraction of sp³-hybridized carbons (Fsp3) is 0.182. The molecule has 4 nitrogen and oxygen atoms in total. The fourth-order valence-electron chi connectivity index (χ4n) is 2.87. The summed E-state index contributed by atoms with van der Waals surface area (Å²) in [7, 11) is 0. The van der Waals surface area contributed by atoms with E-state index in [9.17, 15) is 4.79 Å². The molecule has 1 heterocycles. The summed E-state index contributed by atoms with van der Waals surface area (Å²) < 4.78 is 5.62. The standard InChI is InChI=1S/C22H22N2O2/c1-2-26-21-13-7-6-12-20(21)24-22(25)19(18-10-4-3-5-11-18)15-17-9-8-14-23-16-17/h3-14,16,19H,2,15H2,1H3,(H,24,25). The van der Waals surface area contributed by atoms with Gasteiger partial charge in [0.2, 0.25) is 5.91 Å². The zero-order chi connectivity index (χ0) is 18.2. The molecule has 1 aromatic heterocycles. The lowest BCUT2D eigenvalue weighted by Gasteiger charge is -2.19. The third-order valence-corrected chi connectivity index (χ3v) is 4.13. The number of ether oxygens (including phenoxy) is 1. The highest BCUT2D eigenvalue weighted by atomic mass is 16.5. The van der Waals surface area contributed by atoms with Gasteiger partial charge < -0.3 is 10.1 Å². The van der Waals surface area contributed by atoms with Crippen LogP contribution in [0.25, 0.3) is 0 Å². The molecular weight excluding hydrogens is 324 g/mol. The number of carbonyl (C=O) groups excluding carboxylic acids is 1. The molecule has 1 atom stereocenters. The molecule has 0 bridgehead atoms. The van der Waals surface area contributed by atoms with Gasteiger partial charge in [-0.3, -0.25) is 9.78 Å². The number of nitrogens with zero attached hydrogens (tertiary/aromatic N) is 1. The summed E-state index contributed by atoms with van der Waals surface area (Å²) in [5.41, 5.74) is 2.68. The van der Waals surface area contributed by atoms with Crippen molar-refractivity contribution in [3.63, 3.8) is 0 Å². The second-order valence-corrected chi connectivity index (χ2v) is 5.95. The molecule has 4 heteroatoms. The van der Waals surface area contributed by atoms with Crippen LogP contribution in [0.15, 0.2) is 79.1 Å². The monoisotopic (exact) mass is 346 g/mol. The molecule has 1 unspecified atom stereocenters.